The fraction of sp³-hybridized carbons (Fsp3) is 0.0625. The smallest absolute Gasteiger partial charge is 0.258 e. The van der Waals surface area contributed by atoms with Crippen molar-refractivity contribution in [3.8, 4) is 11.5 Å². The van der Waals surface area contributed by atoms with Gasteiger partial charge in [-0.2, -0.15) is 4.98 Å². The zero-order chi connectivity index (χ0) is 16.2. The number of carbonyl (C=O) groups excluding carboxylic acids is 1. The second-order valence-electron chi connectivity index (χ2n) is 4.61. The molecule has 0 N–H and O–H groups in total. The van der Waals surface area contributed by atoms with E-state index in [4.69, 9.17) is 16.1 Å². The average Bonchev–Trinajstić information content (AvgIpc) is 3.03. The minimum Gasteiger partial charge on any atom is -0.333 e. The summed E-state index contributed by atoms with van der Waals surface area (Å²) >= 11 is 10.4. The molecule has 116 valence electrons. The molecule has 0 unspecified atom stereocenters. The van der Waals surface area contributed by atoms with Crippen LogP contribution in [-0.2, 0) is 0 Å². The summed E-state index contributed by atoms with van der Waals surface area (Å²) in [5, 5.41) is 4.93. The van der Waals surface area contributed by atoms with Crippen LogP contribution in [0.15, 0.2) is 62.7 Å². The van der Waals surface area contributed by atoms with Gasteiger partial charge in [0.1, 0.15) is 0 Å². The number of ketones is 1. The Hall–Kier alpha value is -1.63. The summed E-state index contributed by atoms with van der Waals surface area (Å²) in [6, 6.07) is 14.4. The molecule has 7 heteroatoms. The summed E-state index contributed by atoms with van der Waals surface area (Å²) in [7, 11) is 0. The minimum absolute atomic E-state index is 0.0124. The molecular formula is C16H10BrClN2O2S. The van der Waals surface area contributed by atoms with E-state index in [-0.39, 0.29) is 11.5 Å². The Balaban J connectivity index is 1.64. The predicted octanol–water partition coefficient (Wildman–Crippen LogP) is 5.13. The Morgan fingerprint density at radius 3 is 2.52 bits per heavy atom. The Morgan fingerprint density at radius 1 is 1.13 bits per heavy atom. The van der Waals surface area contributed by atoms with Gasteiger partial charge in [0, 0.05) is 20.6 Å². The molecule has 3 aromatic rings. The van der Waals surface area contributed by atoms with Gasteiger partial charge in [-0.1, -0.05) is 39.3 Å². The van der Waals surface area contributed by atoms with Gasteiger partial charge < -0.3 is 4.52 Å². The first kappa shape index (κ1) is 16.2. The van der Waals surface area contributed by atoms with Crippen molar-refractivity contribution in [2.45, 2.75) is 5.16 Å². The quantitative estimate of drug-likeness (QED) is 0.432. The highest BCUT2D eigenvalue weighted by Crippen LogP contribution is 2.23. The van der Waals surface area contributed by atoms with Crippen molar-refractivity contribution in [2.75, 3.05) is 5.75 Å². The monoisotopic (exact) mass is 408 g/mol. The van der Waals surface area contributed by atoms with E-state index >= 15 is 0 Å². The van der Waals surface area contributed by atoms with Crippen LogP contribution in [0.5, 0.6) is 0 Å². The van der Waals surface area contributed by atoms with E-state index < -0.39 is 0 Å². The van der Waals surface area contributed by atoms with Gasteiger partial charge >= 0.3 is 0 Å². The molecule has 23 heavy (non-hydrogen) atoms. The summed E-state index contributed by atoms with van der Waals surface area (Å²) in [5.41, 5.74) is 1.44. The Bertz CT molecular complexity index is 819. The molecule has 0 atom stereocenters. The van der Waals surface area contributed by atoms with E-state index in [1.807, 2.05) is 24.3 Å². The van der Waals surface area contributed by atoms with E-state index in [1.54, 1.807) is 24.3 Å². The number of carbonyl (C=O) groups is 1. The number of nitrogens with zero attached hydrogens (tertiary/aromatic N) is 2. The van der Waals surface area contributed by atoms with Gasteiger partial charge in [0.25, 0.3) is 5.89 Å². The first-order chi connectivity index (χ1) is 11.1. The maximum Gasteiger partial charge on any atom is 0.258 e. The largest absolute Gasteiger partial charge is 0.333 e. The number of Topliss-reactive ketones (excluding diaryl/α,β-unsaturated/α-hetero) is 1. The number of thioether (sulfide) groups is 1. The maximum absolute atomic E-state index is 12.1. The number of aromatic nitrogens is 2. The standard InChI is InChI=1S/C16H10BrClN2O2S/c17-12-5-1-11(2-6-12)15-19-16(20-22-15)23-9-14(21)10-3-7-13(18)8-4-10/h1-8H,9H2. The van der Waals surface area contributed by atoms with Crippen LogP contribution in [0.4, 0.5) is 0 Å². The molecule has 4 nitrogen and oxygen atoms in total. The molecule has 1 heterocycles. The van der Waals surface area contributed by atoms with Gasteiger partial charge in [0.15, 0.2) is 5.78 Å². The first-order valence-electron chi connectivity index (χ1n) is 6.63. The Kier molecular flexibility index (Phi) is 5.15. The molecule has 0 radical (unpaired) electrons. The molecule has 0 aliphatic rings. The second kappa shape index (κ2) is 7.29. The van der Waals surface area contributed by atoms with Crippen molar-refractivity contribution in [1.29, 1.82) is 0 Å². The summed E-state index contributed by atoms with van der Waals surface area (Å²) in [4.78, 5) is 16.4. The van der Waals surface area contributed by atoms with Crippen LogP contribution in [0.3, 0.4) is 0 Å². The maximum atomic E-state index is 12.1. The fourth-order valence-electron chi connectivity index (χ4n) is 1.83. The van der Waals surface area contributed by atoms with Crippen molar-refractivity contribution in [2.24, 2.45) is 0 Å². The van der Waals surface area contributed by atoms with E-state index in [1.165, 1.54) is 11.8 Å². The molecule has 1 aromatic heterocycles. The van der Waals surface area contributed by atoms with Gasteiger partial charge in [-0.25, -0.2) is 0 Å². The zero-order valence-electron chi connectivity index (χ0n) is 11.7. The summed E-state index contributed by atoms with van der Waals surface area (Å²) in [6.45, 7) is 0. The number of hydrogen-bond donors (Lipinski definition) is 0. The lowest BCUT2D eigenvalue weighted by atomic mass is 10.1. The second-order valence-corrected chi connectivity index (χ2v) is 6.90. The molecule has 0 bridgehead atoms. The summed E-state index contributed by atoms with van der Waals surface area (Å²) < 4.78 is 6.19. The number of rotatable bonds is 5. The lowest BCUT2D eigenvalue weighted by Gasteiger charge is -1.98. The number of halogens is 2. The van der Waals surface area contributed by atoms with Crippen LogP contribution in [0.25, 0.3) is 11.5 Å². The van der Waals surface area contributed by atoms with Gasteiger partial charge in [-0.15, -0.1) is 0 Å². The van der Waals surface area contributed by atoms with Crippen LogP contribution in [-0.4, -0.2) is 21.7 Å². The van der Waals surface area contributed by atoms with E-state index in [0.717, 1.165) is 10.0 Å². The molecular weight excluding hydrogens is 400 g/mol. The third-order valence-corrected chi connectivity index (χ3v) is 4.61. The van der Waals surface area contributed by atoms with Crippen molar-refractivity contribution in [3.05, 3.63) is 63.6 Å². The third kappa shape index (κ3) is 4.22. The number of benzene rings is 2. The van der Waals surface area contributed by atoms with Gasteiger partial charge in [0.05, 0.1) is 5.75 Å². The third-order valence-electron chi connectivity index (χ3n) is 3.00. The zero-order valence-corrected chi connectivity index (χ0v) is 14.9. The van der Waals surface area contributed by atoms with Crippen molar-refractivity contribution in [1.82, 2.24) is 10.1 Å². The van der Waals surface area contributed by atoms with Crippen LogP contribution in [0, 0.1) is 0 Å². The van der Waals surface area contributed by atoms with Gasteiger partial charge in [0.2, 0.25) is 5.16 Å². The van der Waals surface area contributed by atoms with Crippen LogP contribution in [0.2, 0.25) is 5.02 Å². The average molecular weight is 410 g/mol. The van der Waals surface area contributed by atoms with Crippen molar-refractivity contribution in [3.63, 3.8) is 0 Å². The molecule has 0 saturated heterocycles. The van der Waals surface area contributed by atoms with E-state index in [0.29, 0.717) is 21.6 Å². The normalized spacial score (nSPS) is 10.7. The topological polar surface area (TPSA) is 56.0 Å². The van der Waals surface area contributed by atoms with Crippen molar-refractivity contribution >= 4 is 45.1 Å². The first-order valence-corrected chi connectivity index (χ1v) is 8.79. The molecule has 0 aliphatic heterocycles. The predicted molar refractivity (Wildman–Crippen MR) is 93.9 cm³/mol. The highest BCUT2D eigenvalue weighted by molar-refractivity contribution is 9.10. The van der Waals surface area contributed by atoms with Crippen molar-refractivity contribution < 1.29 is 9.32 Å². The molecule has 0 saturated carbocycles. The van der Waals surface area contributed by atoms with E-state index in [2.05, 4.69) is 26.1 Å². The molecule has 0 fully saturated rings. The summed E-state index contributed by atoms with van der Waals surface area (Å²) in [5.74, 6) is 0.654. The minimum atomic E-state index is -0.0124. The fourth-order valence-corrected chi connectivity index (χ4v) is 2.88. The lowest BCUT2D eigenvalue weighted by Crippen LogP contribution is -2.02. The molecule has 2 aromatic carbocycles. The molecule has 3 rings (SSSR count). The number of hydrogen-bond acceptors (Lipinski definition) is 5. The van der Waals surface area contributed by atoms with Crippen LogP contribution >= 0.6 is 39.3 Å². The van der Waals surface area contributed by atoms with Crippen LogP contribution < -0.4 is 0 Å². The lowest BCUT2D eigenvalue weighted by molar-refractivity contribution is 0.102. The molecule has 0 spiro atoms. The van der Waals surface area contributed by atoms with Gasteiger partial charge in [-0.05, 0) is 53.7 Å². The van der Waals surface area contributed by atoms with Crippen LogP contribution in [0.1, 0.15) is 10.4 Å². The molecule has 0 aliphatic carbocycles. The Labute approximate surface area is 150 Å². The SMILES string of the molecule is O=C(CSc1noc(-c2ccc(Br)cc2)n1)c1ccc(Cl)cc1. The summed E-state index contributed by atoms with van der Waals surface area (Å²) in [6.07, 6.45) is 0. The Morgan fingerprint density at radius 2 is 1.83 bits per heavy atom. The molecule has 0 amide bonds. The highest BCUT2D eigenvalue weighted by atomic mass is 79.9. The highest BCUT2D eigenvalue weighted by Gasteiger charge is 2.12. The van der Waals surface area contributed by atoms with E-state index in [9.17, 15) is 4.79 Å². The van der Waals surface area contributed by atoms with Gasteiger partial charge in [-0.3, -0.25) is 4.79 Å².